The van der Waals surface area contributed by atoms with Gasteiger partial charge < -0.3 is 10.2 Å². The molecule has 0 spiro atoms. The Kier molecular flexibility index (Phi) is 11.1. The van der Waals surface area contributed by atoms with Gasteiger partial charge in [0.25, 0.3) is 0 Å². The first-order valence-corrected chi connectivity index (χ1v) is 14.3. The molecule has 0 saturated heterocycles. The van der Waals surface area contributed by atoms with Crippen molar-refractivity contribution >= 4 is 50.7 Å². The minimum atomic E-state index is -3.85. The first-order chi connectivity index (χ1) is 17.3. The Morgan fingerprint density at radius 2 is 1.68 bits per heavy atom. The average Bonchev–Trinajstić information content (AvgIpc) is 2.82. The summed E-state index contributed by atoms with van der Waals surface area (Å²) in [5.74, 6) is -3.08. The fraction of sp³-hybridized carbons (Fsp3) is 0.440. The highest BCUT2D eigenvalue weighted by Gasteiger charge is 2.28. The van der Waals surface area contributed by atoms with Crippen LogP contribution in [0.4, 0.5) is 14.5 Å². The van der Waals surface area contributed by atoms with E-state index in [1.54, 1.807) is 25.1 Å². The van der Waals surface area contributed by atoms with Crippen LogP contribution in [0.25, 0.3) is 0 Å². The topological polar surface area (TPSA) is 86.8 Å². The predicted octanol–water partition coefficient (Wildman–Crippen LogP) is 5.15. The van der Waals surface area contributed by atoms with Crippen molar-refractivity contribution in [1.29, 1.82) is 0 Å². The van der Waals surface area contributed by atoms with Gasteiger partial charge in [0.2, 0.25) is 21.8 Å². The molecule has 0 bridgehead atoms. The number of hydrogen-bond donors (Lipinski definition) is 1. The van der Waals surface area contributed by atoms with E-state index >= 15 is 0 Å². The maximum Gasteiger partial charge on any atom is 0.242 e. The van der Waals surface area contributed by atoms with Gasteiger partial charge in [0.05, 0.1) is 11.9 Å². The minimum Gasteiger partial charge on any atom is -0.352 e. The molecule has 0 aliphatic carbocycles. The van der Waals surface area contributed by atoms with Crippen molar-refractivity contribution in [3.63, 3.8) is 0 Å². The van der Waals surface area contributed by atoms with Crippen molar-refractivity contribution in [1.82, 2.24) is 10.2 Å². The van der Waals surface area contributed by atoms with E-state index in [1.165, 1.54) is 4.90 Å². The van der Waals surface area contributed by atoms with E-state index in [4.69, 9.17) is 23.2 Å². The van der Waals surface area contributed by atoms with Crippen molar-refractivity contribution in [2.75, 3.05) is 17.1 Å². The number of rotatable bonds is 12. The van der Waals surface area contributed by atoms with Crippen LogP contribution >= 0.6 is 23.2 Å². The van der Waals surface area contributed by atoms with Crippen LogP contribution in [0, 0.1) is 11.6 Å². The molecule has 7 nitrogen and oxygen atoms in total. The zero-order chi connectivity index (χ0) is 27.9. The van der Waals surface area contributed by atoms with Gasteiger partial charge in [0.15, 0.2) is 11.6 Å². The van der Waals surface area contributed by atoms with Gasteiger partial charge in [-0.2, -0.15) is 0 Å². The summed E-state index contributed by atoms with van der Waals surface area (Å²) in [7, 11) is -3.85. The molecular formula is C25H31Cl2F2N3O4S. The van der Waals surface area contributed by atoms with Crippen LogP contribution in [-0.4, -0.2) is 50.0 Å². The van der Waals surface area contributed by atoms with E-state index in [-0.39, 0.29) is 43.6 Å². The van der Waals surface area contributed by atoms with Gasteiger partial charge in [-0.25, -0.2) is 17.2 Å². The Morgan fingerprint density at radius 3 is 2.22 bits per heavy atom. The second-order valence-electron chi connectivity index (χ2n) is 8.75. The molecule has 0 heterocycles. The molecule has 12 heteroatoms. The molecular weight excluding hydrogens is 547 g/mol. The molecule has 2 aromatic carbocycles. The first kappa shape index (κ1) is 30.8. The van der Waals surface area contributed by atoms with Gasteiger partial charge in [-0.1, -0.05) is 36.2 Å². The summed E-state index contributed by atoms with van der Waals surface area (Å²) in [5, 5.41) is 3.52. The standard InChI is InChI=1S/C25H31Cl2F2N3O4S/c1-5-16(2)30-25(34)17(3)31(15-19-20(26)8-6-9-21(19)27)24(33)10-7-13-32(37(4,35)36)18-11-12-22(28)23(29)14-18/h6,8-9,11-12,14,16-17H,5,7,10,13,15H2,1-4H3,(H,30,34)/t16-,17-/m0/s1. The quantitative estimate of drug-likeness (QED) is 0.378. The van der Waals surface area contributed by atoms with E-state index in [2.05, 4.69) is 5.32 Å². The molecule has 2 amide bonds. The second-order valence-corrected chi connectivity index (χ2v) is 11.5. The zero-order valence-electron chi connectivity index (χ0n) is 21.1. The number of anilines is 1. The lowest BCUT2D eigenvalue weighted by atomic mass is 10.1. The summed E-state index contributed by atoms with van der Waals surface area (Å²) in [6.45, 7) is 5.15. The summed E-state index contributed by atoms with van der Waals surface area (Å²) in [6.07, 6.45) is 1.56. The van der Waals surface area contributed by atoms with Crippen LogP contribution in [0.3, 0.4) is 0 Å². The van der Waals surface area contributed by atoms with E-state index in [1.807, 2.05) is 13.8 Å². The van der Waals surface area contributed by atoms with Gasteiger partial charge >= 0.3 is 0 Å². The number of nitrogens with one attached hydrogen (secondary N) is 1. The largest absolute Gasteiger partial charge is 0.352 e. The number of benzene rings is 2. The summed E-state index contributed by atoms with van der Waals surface area (Å²) in [5.41, 5.74) is 0.414. The van der Waals surface area contributed by atoms with E-state index in [9.17, 15) is 26.8 Å². The molecule has 0 radical (unpaired) electrons. The van der Waals surface area contributed by atoms with Crippen molar-refractivity contribution < 1.29 is 26.8 Å². The highest BCUT2D eigenvalue weighted by molar-refractivity contribution is 7.92. The van der Waals surface area contributed by atoms with Gasteiger partial charge in [0, 0.05) is 47.2 Å². The molecule has 2 aromatic rings. The van der Waals surface area contributed by atoms with Crippen molar-refractivity contribution in [3.8, 4) is 0 Å². The van der Waals surface area contributed by atoms with Crippen LogP contribution in [0.2, 0.25) is 10.0 Å². The summed E-state index contributed by atoms with van der Waals surface area (Å²) in [6, 6.07) is 6.71. The molecule has 37 heavy (non-hydrogen) atoms. The zero-order valence-corrected chi connectivity index (χ0v) is 23.4. The third-order valence-corrected chi connectivity index (χ3v) is 7.80. The van der Waals surface area contributed by atoms with Crippen LogP contribution in [0.15, 0.2) is 36.4 Å². The normalized spacial score (nSPS) is 13.1. The predicted molar refractivity (Wildman–Crippen MR) is 142 cm³/mol. The molecule has 0 saturated carbocycles. The van der Waals surface area contributed by atoms with Crippen LogP contribution in [-0.2, 0) is 26.2 Å². The van der Waals surface area contributed by atoms with Gasteiger partial charge in [0.1, 0.15) is 6.04 Å². The molecule has 0 fully saturated rings. The van der Waals surface area contributed by atoms with Crippen molar-refractivity contribution in [2.24, 2.45) is 0 Å². The van der Waals surface area contributed by atoms with Crippen molar-refractivity contribution in [2.45, 2.75) is 58.7 Å². The molecule has 0 aliphatic rings. The molecule has 2 atom stereocenters. The van der Waals surface area contributed by atoms with Gasteiger partial charge in [-0.15, -0.1) is 0 Å². The van der Waals surface area contributed by atoms with Gasteiger partial charge in [-0.05, 0) is 51.0 Å². The number of carbonyl (C=O) groups is 2. The second kappa shape index (κ2) is 13.4. The summed E-state index contributed by atoms with van der Waals surface area (Å²) in [4.78, 5) is 27.5. The number of nitrogens with zero attached hydrogens (tertiary/aromatic N) is 2. The number of sulfonamides is 1. The highest BCUT2D eigenvalue weighted by atomic mass is 35.5. The fourth-order valence-corrected chi connectivity index (χ4v) is 5.02. The molecule has 204 valence electrons. The van der Waals surface area contributed by atoms with Crippen LogP contribution in [0.5, 0.6) is 0 Å². The number of carbonyl (C=O) groups excluding carboxylic acids is 2. The summed E-state index contributed by atoms with van der Waals surface area (Å²) >= 11 is 12.6. The van der Waals surface area contributed by atoms with E-state index in [0.717, 1.165) is 28.8 Å². The lowest BCUT2D eigenvalue weighted by Gasteiger charge is -2.30. The first-order valence-electron chi connectivity index (χ1n) is 11.7. The Bertz CT molecular complexity index is 1210. The lowest BCUT2D eigenvalue weighted by Crippen LogP contribution is -2.49. The Labute approximate surface area is 226 Å². The fourth-order valence-electron chi connectivity index (χ4n) is 3.55. The summed E-state index contributed by atoms with van der Waals surface area (Å²) < 4.78 is 52.6. The highest BCUT2D eigenvalue weighted by Crippen LogP contribution is 2.27. The van der Waals surface area contributed by atoms with Crippen molar-refractivity contribution in [3.05, 3.63) is 63.6 Å². The average molecular weight is 579 g/mol. The SMILES string of the molecule is CC[C@H](C)NC(=O)[C@H](C)N(Cc1c(Cl)cccc1Cl)C(=O)CCCN(c1ccc(F)c(F)c1)S(C)(=O)=O. The molecule has 0 aromatic heterocycles. The molecule has 0 unspecified atom stereocenters. The minimum absolute atomic E-state index is 0.0363. The third kappa shape index (κ3) is 8.55. The van der Waals surface area contributed by atoms with Crippen LogP contribution in [0.1, 0.15) is 45.6 Å². The number of hydrogen-bond acceptors (Lipinski definition) is 4. The number of halogens is 4. The molecule has 1 N–H and O–H groups in total. The molecule has 2 rings (SSSR count). The van der Waals surface area contributed by atoms with E-state index < -0.39 is 33.6 Å². The maximum atomic E-state index is 13.7. The van der Waals surface area contributed by atoms with E-state index in [0.29, 0.717) is 22.0 Å². The molecule has 0 aliphatic heterocycles. The van der Waals surface area contributed by atoms with Gasteiger partial charge in [-0.3, -0.25) is 13.9 Å². The monoisotopic (exact) mass is 577 g/mol. The van der Waals surface area contributed by atoms with Crippen LogP contribution < -0.4 is 9.62 Å². The Balaban J connectivity index is 2.25. The Morgan fingerprint density at radius 1 is 1.05 bits per heavy atom. The number of amides is 2. The third-order valence-electron chi connectivity index (χ3n) is 5.90. The maximum absolute atomic E-state index is 13.7. The Hall–Kier alpha value is -2.43. The smallest absolute Gasteiger partial charge is 0.242 e. The lowest BCUT2D eigenvalue weighted by molar-refractivity contribution is -0.140.